The van der Waals surface area contributed by atoms with Gasteiger partial charge in [0.15, 0.2) is 11.2 Å². The molecule has 0 saturated carbocycles. The first kappa shape index (κ1) is 23.9. The molecule has 3 aromatic rings. The molecule has 3 heterocycles. The Labute approximate surface area is 196 Å². The summed E-state index contributed by atoms with van der Waals surface area (Å²) in [6.45, 7) is 4.29. The summed E-state index contributed by atoms with van der Waals surface area (Å²) in [7, 11) is -0.467. The van der Waals surface area contributed by atoms with Crippen LogP contribution < -0.4 is 16.1 Å². The van der Waals surface area contributed by atoms with E-state index < -0.39 is 33.7 Å². The summed E-state index contributed by atoms with van der Waals surface area (Å²) >= 11 is 0. The van der Waals surface area contributed by atoms with E-state index in [4.69, 9.17) is 0 Å². The molecule has 4 rings (SSSR count). The fourth-order valence-electron chi connectivity index (χ4n) is 4.46. The van der Waals surface area contributed by atoms with E-state index in [0.717, 1.165) is 10.1 Å². The molecule has 0 radical (unpaired) electrons. The van der Waals surface area contributed by atoms with Gasteiger partial charge >= 0.3 is 5.69 Å². The Morgan fingerprint density at radius 1 is 1.15 bits per heavy atom. The summed E-state index contributed by atoms with van der Waals surface area (Å²) < 4.78 is 30.9. The molecule has 0 fully saturated rings. The van der Waals surface area contributed by atoms with Crippen molar-refractivity contribution in [2.45, 2.75) is 38.1 Å². The van der Waals surface area contributed by atoms with Crippen molar-refractivity contribution in [2.24, 2.45) is 14.1 Å². The van der Waals surface area contributed by atoms with E-state index in [1.807, 2.05) is 0 Å². The van der Waals surface area contributed by atoms with Crippen molar-refractivity contribution in [1.29, 1.82) is 0 Å². The van der Waals surface area contributed by atoms with Crippen LogP contribution >= 0.6 is 0 Å². The second-order valence-corrected chi connectivity index (χ2v) is 10.2. The van der Waals surface area contributed by atoms with Crippen molar-refractivity contribution in [3.63, 3.8) is 0 Å². The summed E-state index contributed by atoms with van der Waals surface area (Å²) in [5, 5.41) is 0. The van der Waals surface area contributed by atoms with Crippen LogP contribution in [0, 0.1) is 0 Å². The van der Waals surface area contributed by atoms with Gasteiger partial charge in [0.2, 0.25) is 15.9 Å². The van der Waals surface area contributed by atoms with E-state index in [0.29, 0.717) is 38.2 Å². The molecule has 0 spiro atoms. The topological polar surface area (TPSA) is 120 Å². The molecule has 0 aliphatic carbocycles. The predicted molar refractivity (Wildman–Crippen MR) is 127 cm³/mol. The third-order valence-corrected chi connectivity index (χ3v) is 8.35. The molecular formula is C22H28N6O5S. The molecule has 11 nitrogen and oxygen atoms in total. The van der Waals surface area contributed by atoms with E-state index in [1.54, 1.807) is 33.0 Å². The maximum Gasteiger partial charge on any atom is 0.332 e. The van der Waals surface area contributed by atoms with Gasteiger partial charge in [-0.1, -0.05) is 13.8 Å². The fraction of sp³-hybridized carbons (Fsp3) is 0.455. The third kappa shape index (κ3) is 3.76. The smallest absolute Gasteiger partial charge is 0.328 e. The van der Waals surface area contributed by atoms with Crippen molar-refractivity contribution in [3.05, 3.63) is 50.9 Å². The maximum atomic E-state index is 13.3. The van der Waals surface area contributed by atoms with Crippen LogP contribution in [0.4, 0.5) is 5.69 Å². The Bertz CT molecular complexity index is 1500. The number of aryl methyl sites for hydroxylation is 3. The predicted octanol–water partition coefficient (Wildman–Crippen LogP) is 0.444. The quantitative estimate of drug-likeness (QED) is 0.497. The van der Waals surface area contributed by atoms with Gasteiger partial charge in [0.1, 0.15) is 6.54 Å². The highest BCUT2D eigenvalue weighted by molar-refractivity contribution is 7.89. The number of carbonyl (C=O) groups is 1. The molecule has 0 N–H and O–H groups in total. The van der Waals surface area contributed by atoms with Crippen LogP contribution in [0.3, 0.4) is 0 Å². The lowest BCUT2D eigenvalue weighted by atomic mass is 10.0. The number of benzene rings is 1. The number of rotatable bonds is 6. The van der Waals surface area contributed by atoms with E-state index in [9.17, 15) is 22.8 Å². The van der Waals surface area contributed by atoms with Gasteiger partial charge in [0, 0.05) is 39.4 Å². The second-order valence-electron chi connectivity index (χ2n) is 8.29. The van der Waals surface area contributed by atoms with E-state index >= 15 is 0 Å². The molecule has 0 bridgehead atoms. The minimum Gasteiger partial charge on any atom is -0.328 e. The van der Waals surface area contributed by atoms with Crippen LogP contribution in [0.2, 0.25) is 0 Å². The number of aromatic nitrogens is 4. The molecule has 0 atom stereocenters. The van der Waals surface area contributed by atoms with Crippen LogP contribution in [0.25, 0.3) is 11.2 Å². The molecule has 1 aliphatic rings. The van der Waals surface area contributed by atoms with Crippen molar-refractivity contribution in [3.8, 4) is 0 Å². The first-order chi connectivity index (χ1) is 16.1. The monoisotopic (exact) mass is 488 g/mol. The van der Waals surface area contributed by atoms with E-state index in [2.05, 4.69) is 4.98 Å². The molecular weight excluding hydrogens is 460 g/mol. The highest BCUT2D eigenvalue weighted by Crippen LogP contribution is 2.30. The second kappa shape index (κ2) is 8.84. The van der Waals surface area contributed by atoms with Crippen LogP contribution in [0.1, 0.15) is 25.8 Å². The SMILES string of the molecule is CCN(CC)S(=O)(=O)c1ccc2c(c1)CCCN2C(=O)Cn1c(=O)c2c(ncn2C)n(C)c1=O. The Kier molecular flexibility index (Phi) is 6.21. The summed E-state index contributed by atoms with van der Waals surface area (Å²) in [5.41, 5.74) is 0.634. The van der Waals surface area contributed by atoms with Gasteiger partial charge in [-0.3, -0.25) is 14.2 Å². The Hall–Kier alpha value is -3.25. The average Bonchev–Trinajstić information content (AvgIpc) is 3.21. The van der Waals surface area contributed by atoms with Crippen LogP contribution in [0.15, 0.2) is 39.0 Å². The molecule has 0 unspecified atom stereocenters. The molecule has 182 valence electrons. The van der Waals surface area contributed by atoms with Crippen molar-refractivity contribution >= 4 is 32.8 Å². The summed E-state index contributed by atoms with van der Waals surface area (Å²) in [6.07, 6.45) is 2.72. The number of carbonyl (C=O) groups excluding carboxylic acids is 1. The Morgan fingerprint density at radius 2 is 1.85 bits per heavy atom. The zero-order chi connectivity index (χ0) is 24.8. The first-order valence-corrected chi connectivity index (χ1v) is 12.6. The molecule has 2 aromatic heterocycles. The van der Waals surface area contributed by atoms with Gasteiger partial charge in [0.25, 0.3) is 5.56 Å². The number of hydrogen-bond acceptors (Lipinski definition) is 6. The van der Waals surface area contributed by atoms with Crippen molar-refractivity contribution < 1.29 is 13.2 Å². The highest BCUT2D eigenvalue weighted by Gasteiger charge is 2.28. The van der Waals surface area contributed by atoms with Crippen LogP contribution in [-0.2, 0) is 41.9 Å². The normalized spacial score (nSPS) is 14.1. The fourth-order valence-corrected chi connectivity index (χ4v) is 5.97. The minimum atomic E-state index is -3.62. The van der Waals surface area contributed by atoms with Gasteiger partial charge in [-0.15, -0.1) is 0 Å². The number of anilines is 1. The molecule has 1 amide bonds. The summed E-state index contributed by atoms with van der Waals surface area (Å²) in [4.78, 5) is 44.8. The van der Waals surface area contributed by atoms with Gasteiger partial charge < -0.3 is 9.47 Å². The summed E-state index contributed by atoms with van der Waals surface area (Å²) in [6, 6.07) is 4.76. The highest BCUT2D eigenvalue weighted by atomic mass is 32.2. The van der Waals surface area contributed by atoms with Crippen molar-refractivity contribution in [2.75, 3.05) is 24.5 Å². The van der Waals surface area contributed by atoms with Gasteiger partial charge in [-0.25, -0.2) is 22.8 Å². The number of amides is 1. The lowest BCUT2D eigenvalue weighted by Gasteiger charge is -2.30. The number of sulfonamides is 1. The Morgan fingerprint density at radius 3 is 2.53 bits per heavy atom. The van der Waals surface area contributed by atoms with E-state index in [-0.39, 0.29) is 16.1 Å². The van der Waals surface area contributed by atoms with Gasteiger partial charge in [0.05, 0.1) is 11.2 Å². The molecule has 34 heavy (non-hydrogen) atoms. The zero-order valence-corrected chi connectivity index (χ0v) is 20.5. The van der Waals surface area contributed by atoms with E-state index in [1.165, 1.54) is 37.8 Å². The minimum absolute atomic E-state index is 0.191. The van der Waals surface area contributed by atoms with Crippen LogP contribution in [0.5, 0.6) is 0 Å². The maximum absolute atomic E-state index is 13.3. The molecule has 1 aromatic carbocycles. The largest absolute Gasteiger partial charge is 0.332 e. The Balaban J connectivity index is 1.70. The molecule has 1 aliphatic heterocycles. The lowest BCUT2D eigenvalue weighted by molar-refractivity contribution is -0.119. The number of imidazole rings is 1. The summed E-state index contributed by atoms with van der Waals surface area (Å²) in [5.74, 6) is -0.416. The standard InChI is InChI=1S/C22H28N6O5S/c1-5-26(6-2)34(32,33)16-9-10-17-15(12-16)8-7-11-27(17)18(29)13-28-21(30)19-20(23-14-24(19)3)25(4)22(28)31/h9-10,12,14H,5-8,11,13H2,1-4H3. The molecule has 12 heteroatoms. The van der Waals surface area contributed by atoms with Crippen LogP contribution in [-0.4, -0.2) is 56.9 Å². The number of hydrogen-bond donors (Lipinski definition) is 0. The van der Waals surface area contributed by atoms with Crippen molar-refractivity contribution in [1.82, 2.24) is 23.0 Å². The lowest BCUT2D eigenvalue weighted by Crippen LogP contribution is -2.45. The van der Waals surface area contributed by atoms with Gasteiger partial charge in [-0.2, -0.15) is 4.31 Å². The number of fused-ring (bicyclic) bond motifs is 2. The average molecular weight is 489 g/mol. The zero-order valence-electron chi connectivity index (χ0n) is 19.7. The van der Waals surface area contributed by atoms with Gasteiger partial charge in [-0.05, 0) is 36.6 Å². The first-order valence-electron chi connectivity index (χ1n) is 11.2. The third-order valence-electron chi connectivity index (χ3n) is 6.31. The number of nitrogens with zero attached hydrogens (tertiary/aromatic N) is 6. The molecule has 0 saturated heterocycles.